The Balaban J connectivity index is 1.48. The van der Waals surface area contributed by atoms with Gasteiger partial charge in [-0.1, -0.05) is 66.4 Å². The molecule has 0 unspecified atom stereocenters. The van der Waals surface area contributed by atoms with Crippen LogP contribution in [0.4, 0.5) is 5.82 Å². The lowest BCUT2D eigenvalue weighted by molar-refractivity contribution is -0.119. The topological polar surface area (TPSA) is 92.3 Å². The largest absolute Gasteiger partial charge is 0.355 e. The summed E-state index contributed by atoms with van der Waals surface area (Å²) in [5, 5.41) is 0.682. The number of aromatic nitrogens is 2. The van der Waals surface area contributed by atoms with E-state index in [0.29, 0.717) is 11.4 Å². The minimum atomic E-state index is -3.49. The van der Waals surface area contributed by atoms with E-state index < -0.39 is 15.9 Å². The standard InChI is InChI=1S/C28H33ClN4O3S/c1-20-10-12-21(13-11-20)26-27(22-14-16-23(29)17-15-22)31-28-24(30-26)8-7-19-33(28)18-6-4-3-5-9-25(34)32-37(2,35)36/h10-17H,3-9,18-19H2,1-2H3,(H,32,34). The van der Waals surface area contributed by atoms with Gasteiger partial charge in [-0.2, -0.15) is 0 Å². The third kappa shape index (κ3) is 7.52. The van der Waals surface area contributed by atoms with Crippen LogP contribution in [0.15, 0.2) is 48.5 Å². The Morgan fingerprint density at radius 1 is 0.946 bits per heavy atom. The van der Waals surface area contributed by atoms with Crippen molar-refractivity contribution in [2.24, 2.45) is 0 Å². The molecule has 0 bridgehead atoms. The molecular weight excluding hydrogens is 508 g/mol. The van der Waals surface area contributed by atoms with Gasteiger partial charge in [-0.25, -0.2) is 18.4 Å². The Labute approximate surface area is 224 Å². The first-order valence-electron chi connectivity index (χ1n) is 12.7. The molecule has 2 aromatic carbocycles. The molecule has 0 fully saturated rings. The average molecular weight is 541 g/mol. The summed E-state index contributed by atoms with van der Waals surface area (Å²) in [5.74, 6) is 0.501. The van der Waals surface area contributed by atoms with E-state index in [2.05, 4.69) is 36.1 Å². The van der Waals surface area contributed by atoms with Crippen molar-refractivity contribution in [1.29, 1.82) is 0 Å². The van der Waals surface area contributed by atoms with Gasteiger partial charge in [0.25, 0.3) is 0 Å². The fourth-order valence-electron chi connectivity index (χ4n) is 4.56. The second kappa shape index (κ2) is 12.0. The summed E-state index contributed by atoms with van der Waals surface area (Å²) < 4.78 is 24.3. The maximum atomic E-state index is 11.7. The highest BCUT2D eigenvalue weighted by Crippen LogP contribution is 2.35. The predicted molar refractivity (Wildman–Crippen MR) is 149 cm³/mol. The van der Waals surface area contributed by atoms with Gasteiger partial charge in [-0.15, -0.1) is 0 Å². The van der Waals surface area contributed by atoms with Crippen LogP contribution in [0.25, 0.3) is 22.5 Å². The van der Waals surface area contributed by atoms with Gasteiger partial charge in [0, 0.05) is 35.7 Å². The van der Waals surface area contributed by atoms with Gasteiger partial charge in [0.1, 0.15) is 0 Å². The lowest BCUT2D eigenvalue weighted by Crippen LogP contribution is -2.32. The van der Waals surface area contributed by atoms with Crippen LogP contribution in [0.5, 0.6) is 0 Å². The van der Waals surface area contributed by atoms with Gasteiger partial charge in [0.05, 0.1) is 23.3 Å². The highest BCUT2D eigenvalue weighted by atomic mass is 35.5. The van der Waals surface area contributed by atoms with Crippen LogP contribution < -0.4 is 9.62 Å². The summed E-state index contributed by atoms with van der Waals surface area (Å²) in [6.45, 7) is 3.87. The molecule has 0 saturated heterocycles. The molecule has 0 radical (unpaired) electrons. The van der Waals surface area contributed by atoms with E-state index in [1.807, 2.05) is 29.0 Å². The monoisotopic (exact) mass is 540 g/mol. The Hall–Kier alpha value is -2.97. The number of hydrogen-bond acceptors (Lipinski definition) is 6. The van der Waals surface area contributed by atoms with Crippen LogP contribution in [0.2, 0.25) is 5.02 Å². The number of hydrogen-bond donors (Lipinski definition) is 1. The number of rotatable bonds is 10. The van der Waals surface area contributed by atoms with Gasteiger partial charge < -0.3 is 4.90 Å². The maximum absolute atomic E-state index is 11.7. The number of unbranched alkanes of at least 4 members (excludes halogenated alkanes) is 3. The van der Waals surface area contributed by atoms with Crippen molar-refractivity contribution < 1.29 is 13.2 Å². The number of benzene rings is 2. The number of amides is 1. The molecule has 7 nitrogen and oxygen atoms in total. The summed E-state index contributed by atoms with van der Waals surface area (Å²) in [6, 6.07) is 16.1. The van der Waals surface area contributed by atoms with Gasteiger partial charge in [-0.3, -0.25) is 9.52 Å². The third-order valence-electron chi connectivity index (χ3n) is 6.41. The molecule has 37 heavy (non-hydrogen) atoms. The van der Waals surface area contributed by atoms with Gasteiger partial charge in [0.15, 0.2) is 5.82 Å². The molecule has 9 heteroatoms. The summed E-state index contributed by atoms with van der Waals surface area (Å²) in [5.41, 5.74) is 5.98. The number of carbonyl (C=O) groups excluding carboxylic acids is 1. The molecule has 0 aliphatic carbocycles. The molecule has 0 saturated carbocycles. The SMILES string of the molecule is Cc1ccc(-c2nc3c(nc2-c2ccc(Cl)cc2)N(CCCCCCC(=O)NS(C)(=O)=O)CCC3)cc1. The van der Waals surface area contributed by atoms with Crippen molar-refractivity contribution in [3.8, 4) is 22.5 Å². The Kier molecular flexibility index (Phi) is 8.82. The van der Waals surface area contributed by atoms with Crippen LogP contribution in [0.3, 0.4) is 0 Å². The first-order chi connectivity index (χ1) is 17.7. The zero-order chi connectivity index (χ0) is 26.4. The van der Waals surface area contributed by atoms with Crippen LogP contribution in [0.1, 0.15) is 49.8 Å². The Morgan fingerprint density at radius 2 is 1.57 bits per heavy atom. The van der Waals surface area contributed by atoms with Gasteiger partial charge >= 0.3 is 0 Å². The van der Waals surface area contributed by atoms with E-state index in [1.54, 1.807) is 0 Å². The molecule has 1 N–H and O–H groups in total. The number of anilines is 1. The van der Waals surface area contributed by atoms with Gasteiger partial charge in [-0.05, 0) is 44.7 Å². The fourth-order valence-corrected chi connectivity index (χ4v) is 5.21. The summed E-state index contributed by atoms with van der Waals surface area (Å²) in [6.07, 6.45) is 6.59. The van der Waals surface area contributed by atoms with Crippen LogP contribution >= 0.6 is 11.6 Å². The quantitative estimate of drug-likeness (QED) is 0.339. The van der Waals surface area contributed by atoms with Crippen LogP contribution in [-0.4, -0.2) is 43.6 Å². The zero-order valence-electron chi connectivity index (χ0n) is 21.3. The predicted octanol–water partition coefficient (Wildman–Crippen LogP) is 5.55. The second-order valence-corrected chi connectivity index (χ2v) is 11.8. The molecule has 3 aromatic rings. The van der Waals surface area contributed by atoms with E-state index in [0.717, 1.165) is 85.5 Å². The van der Waals surface area contributed by atoms with E-state index in [4.69, 9.17) is 21.6 Å². The smallest absolute Gasteiger partial charge is 0.233 e. The third-order valence-corrected chi connectivity index (χ3v) is 7.26. The highest BCUT2D eigenvalue weighted by Gasteiger charge is 2.23. The highest BCUT2D eigenvalue weighted by molar-refractivity contribution is 7.89. The van der Waals surface area contributed by atoms with Crippen molar-refractivity contribution >= 4 is 33.3 Å². The number of carbonyl (C=O) groups is 1. The van der Waals surface area contributed by atoms with Gasteiger partial charge in [0.2, 0.25) is 15.9 Å². The van der Waals surface area contributed by atoms with Crippen molar-refractivity contribution in [3.63, 3.8) is 0 Å². The summed E-state index contributed by atoms with van der Waals surface area (Å²) >= 11 is 6.16. The minimum Gasteiger partial charge on any atom is -0.355 e. The number of sulfonamides is 1. The molecule has 196 valence electrons. The maximum Gasteiger partial charge on any atom is 0.233 e. The van der Waals surface area contributed by atoms with Crippen molar-refractivity contribution in [2.45, 2.75) is 51.9 Å². The van der Waals surface area contributed by atoms with E-state index in [1.165, 1.54) is 5.56 Å². The number of fused-ring (bicyclic) bond motifs is 1. The summed E-state index contributed by atoms with van der Waals surface area (Å²) in [4.78, 5) is 24.3. The second-order valence-electron chi connectivity index (χ2n) is 9.62. The molecule has 1 aliphatic rings. The molecule has 2 heterocycles. The minimum absolute atomic E-state index is 0.220. The average Bonchev–Trinajstić information content (AvgIpc) is 2.85. The lowest BCUT2D eigenvalue weighted by Gasteiger charge is -2.30. The Morgan fingerprint density at radius 3 is 2.24 bits per heavy atom. The normalized spacial score (nSPS) is 13.3. The van der Waals surface area contributed by atoms with Crippen molar-refractivity contribution in [2.75, 3.05) is 24.2 Å². The van der Waals surface area contributed by atoms with E-state index in [-0.39, 0.29) is 6.42 Å². The van der Waals surface area contributed by atoms with E-state index in [9.17, 15) is 13.2 Å². The first-order valence-corrected chi connectivity index (χ1v) is 15.0. The van der Waals surface area contributed by atoms with Crippen molar-refractivity contribution in [3.05, 3.63) is 64.8 Å². The number of nitrogens with one attached hydrogen (secondary N) is 1. The number of aryl methyl sites for hydroxylation is 2. The molecule has 0 atom stereocenters. The lowest BCUT2D eigenvalue weighted by atomic mass is 10.0. The van der Waals surface area contributed by atoms with E-state index >= 15 is 0 Å². The first kappa shape index (κ1) is 27.1. The molecule has 4 rings (SSSR count). The molecule has 0 spiro atoms. The zero-order valence-corrected chi connectivity index (χ0v) is 22.9. The molecule has 1 aromatic heterocycles. The Bertz CT molecular complexity index is 1340. The van der Waals surface area contributed by atoms with Crippen LogP contribution in [0, 0.1) is 6.92 Å². The number of nitrogens with zero attached hydrogens (tertiary/aromatic N) is 3. The fraction of sp³-hybridized carbons (Fsp3) is 0.393. The number of halogens is 1. The summed E-state index contributed by atoms with van der Waals surface area (Å²) in [7, 11) is -3.49. The van der Waals surface area contributed by atoms with Crippen molar-refractivity contribution in [1.82, 2.24) is 14.7 Å². The molecule has 1 aliphatic heterocycles. The van der Waals surface area contributed by atoms with Crippen LogP contribution in [-0.2, 0) is 21.2 Å². The molecular formula is C28H33ClN4O3S. The molecule has 1 amide bonds.